The van der Waals surface area contributed by atoms with Crippen LogP contribution in [-0.4, -0.2) is 69.9 Å². The number of piperazine rings is 1. The van der Waals surface area contributed by atoms with Gasteiger partial charge in [-0.2, -0.15) is 5.10 Å². The van der Waals surface area contributed by atoms with Gasteiger partial charge in [0.05, 0.1) is 12.3 Å². The van der Waals surface area contributed by atoms with Crippen LogP contribution in [0.15, 0.2) is 24.3 Å². The van der Waals surface area contributed by atoms with E-state index in [4.69, 9.17) is 5.11 Å². The summed E-state index contributed by atoms with van der Waals surface area (Å²) < 4.78 is 2.00. The summed E-state index contributed by atoms with van der Waals surface area (Å²) in [4.78, 5) is 17.0. The van der Waals surface area contributed by atoms with Crippen LogP contribution in [0.3, 0.4) is 0 Å². The number of nitrogens with zero attached hydrogens (tertiary/aromatic N) is 4. The van der Waals surface area contributed by atoms with Crippen molar-refractivity contribution in [2.75, 3.05) is 39.3 Å². The number of aliphatic hydroxyl groups excluding tert-OH is 1. The van der Waals surface area contributed by atoms with Crippen LogP contribution in [0.2, 0.25) is 0 Å². The highest BCUT2D eigenvalue weighted by Gasteiger charge is 2.22. The Hall–Kier alpha value is -2.18. The molecule has 1 aromatic heterocycles. The van der Waals surface area contributed by atoms with Crippen LogP contribution >= 0.6 is 0 Å². The molecule has 2 heterocycles. The van der Waals surface area contributed by atoms with Crippen LogP contribution in [0.5, 0.6) is 0 Å². The Balaban J connectivity index is 1.80. The molecule has 0 unspecified atom stereocenters. The minimum atomic E-state index is 0.0775. The first-order chi connectivity index (χ1) is 12.5. The summed E-state index contributed by atoms with van der Waals surface area (Å²) in [5, 5.41) is 13.6. The van der Waals surface area contributed by atoms with Crippen LogP contribution in [0, 0.1) is 13.8 Å². The number of carbonyl (C=O) groups is 1. The fraction of sp³-hybridized carbons (Fsp3) is 0.500. The highest BCUT2D eigenvalue weighted by atomic mass is 16.3. The number of aromatic nitrogens is 2. The molecule has 6 heteroatoms. The molecule has 140 valence electrons. The van der Waals surface area contributed by atoms with Crippen molar-refractivity contribution in [2.45, 2.75) is 27.3 Å². The molecule has 2 aromatic rings. The van der Waals surface area contributed by atoms with Crippen LogP contribution in [0.25, 0.3) is 11.1 Å². The predicted octanol–water partition coefficient (Wildman–Crippen LogP) is 1.94. The van der Waals surface area contributed by atoms with Crippen molar-refractivity contribution < 1.29 is 9.90 Å². The van der Waals surface area contributed by atoms with E-state index in [2.05, 4.69) is 23.8 Å². The van der Waals surface area contributed by atoms with Crippen LogP contribution in [0.1, 0.15) is 28.7 Å². The number of benzene rings is 1. The Kier molecular flexibility index (Phi) is 5.74. The first-order valence-corrected chi connectivity index (χ1v) is 9.32. The highest BCUT2D eigenvalue weighted by molar-refractivity contribution is 5.95. The van der Waals surface area contributed by atoms with E-state index < -0.39 is 0 Å². The SMILES string of the molecule is CCn1nc(C)c(-c2cccc(C(=O)N3CCN(CCO)CC3)c2)c1C. The molecule has 6 nitrogen and oxygen atoms in total. The fourth-order valence-electron chi connectivity index (χ4n) is 3.73. The van der Waals surface area contributed by atoms with Crippen LogP contribution in [-0.2, 0) is 6.54 Å². The first kappa shape index (κ1) is 18.6. The van der Waals surface area contributed by atoms with E-state index in [0.717, 1.165) is 47.7 Å². The predicted molar refractivity (Wildman–Crippen MR) is 102 cm³/mol. The van der Waals surface area contributed by atoms with Gasteiger partial charge in [-0.25, -0.2) is 0 Å². The van der Waals surface area contributed by atoms with E-state index in [1.54, 1.807) is 0 Å². The summed E-state index contributed by atoms with van der Waals surface area (Å²) in [7, 11) is 0. The molecule has 1 saturated heterocycles. The van der Waals surface area contributed by atoms with Gasteiger partial charge in [-0.1, -0.05) is 12.1 Å². The third kappa shape index (κ3) is 3.66. The zero-order valence-corrected chi connectivity index (χ0v) is 15.9. The van der Waals surface area contributed by atoms with Crippen molar-refractivity contribution in [1.82, 2.24) is 19.6 Å². The van der Waals surface area contributed by atoms with Gasteiger partial charge in [-0.15, -0.1) is 0 Å². The highest BCUT2D eigenvalue weighted by Crippen LogP contribution is 2.28. The molecule has 1 amide bonds. The smallest absolute Gasteiger partial charge is 0.253 e. The minimum absolute atomic E-state index is 0.0775. The summed E-state index contributed by atoms with van der Waals surface area (Å²) in [6.07, 6.45) is 0. The lowest BCUT2D eigenvalue weighted by molar-refractivity contribution is 0.0615. The quantitative estimate of drug-likeness (QED) is 0.889. The van der Waals surface area contributed by atoms with Gasteiger partial charge >= 0.3 is 0 Å². The van der Waals surface area contributed by atoms with Gasteiger partial charge in [-0.3, -0.25) is 14.4 Å². The van der Waals surface area contributed by atoms with E-state index >= 15 is 0 Å². The number of β-amino-alcohol motifs (C(OH)–C–C–N with tert-alkyl or cyclic N) is 1. The minimum Gasteiger partial charge on any atom is -0.395 e. The average molecular weight is 356 g/mol. The third-order valence-electron chi connectivity index (χ3n) is 5.15. The lowest BCUT2D eigenvalue weighted by Gasteiger charge is -2.34. The molecule has 26 heavy (non-hydrogen) atoms. The first-order valence-electron chi connectivity index (χ1n) is 9.32. The van der Waals surface area contributed by atoms with Crippen molar-refractivity contribution in [3.05, 3.63) is 41.2 Å². The van der Waals surface area contributed by atoms with Crippen LogP contribution in [0.4, 0.5) is 0 Å². The standard InChI is InChI=1S/C20H28N4O2/c1-4-24-16(3)19(15(2)21-24)17-6-5-7-18(14-17)20(26)23-10-8-22(9-11-23)12-13-25/h5-7,14,25H,4,8-13H2,1-3H3. The average Bonchev–Trinajstić information content (AvgIpc) is 2.95. The summed E-state index contributed by atoms with van der Waals surface area (Å²) in [5.74, 6) is 0.0775. The number of hydrogen-bond acceptors (Lipinski definition) is 4. The molecule has 1 aliphatic heterocycles. The van der Waals surface area contributed by atoms with Gasteiger partial charge in [-0.05, 0) is 38.5 Å². The van der Waals surface area contributed by atoms with Gasteiger partial charge in [0, 0.05) is 56.1 Å². The second-order valence-electron chi connectivity index (χ2n) is 6.80. The molecule has 0 bridgehead atoms. The van der Waals surface area contributed by atoms with Crippen molar-refractivity contribution in [3.8, 4) is 11.1 Å². The zero-order chi connectivity index (χ0) is 18.7. The molecule has 1 fully saturated rings. The van der Waals surface area contributed by atoms with Gasteiger partial charge in [0.2, 0.25) is 0 Å². The Morgan fingerprint density at radius 3 is 2.54 bits per heavy atom. The zero-order valence-electron chi connectivity index (χ0n) is 15.9. The van der Waals surface area contributed by atoms with Crippen molar-refractivity contribution in [1.29, 1.82) is 0 Å². The lowest BCUT2D eigenvalue weighted by atomic mass is 10.0. The maximum atomic E-state index is 12.9. The number of aryl methyl sites for hydroxylation is 2. The number of amides is 1. The van der Waals surface area contributed by atoms with Gasteiger partial charge < -0.3 is 10.0 Å². The number of rotatable bonds is 5. The van der Waals surface area contributed by atoms with E-state index in [0.29, 0.717) is 19.6 Å². The van der Waals surface area contributed by atoms with Gasteiger partial charge in [0.25, 0.3) is 5.91 Å². The molecule has 0 aliphatic carbocycles. The topological polar surface area (TPSA) is 61.6 Å². The number of carbonyl (C=O) groups excluding carboxylic acids is 1. The fourth-order valence-corrected chi connectivity index (χ4v) is 3.73. The molecular formula is C20H28N4O2. The molecule has 1 aliphatic rings. The molecule has 0 radical (unpaired) electrons. The van der Waals surface area contributed by atoms with Crippen molar-refractivity contribution >= 4 is 5.91 Å². The third-order valence-corrected chi connectivity index (χ3v) is 5.15. The summed E-state index contributed by atoms with van der Waals surface area (Å²) in [6, 6.07) is 7.88. The van der Waals surface area contributed by atoms with Crippen molar-refractivity contribution in [2.24, 2.45) is 0 Å². The molecule has 3 rings (SSSR count). The molecule has 1 aromatic carbocycles. The monoisotopic (exact) mass is 356 g/mol. The number of aliphatic hydroxyl groups is 1. The normalized spacial score (nSPS) is 15.5. The maximum absolute atomic E-state index is 12.9. The van der Waals surface area contributed by atoms with E-state index in [1.165, 1.54) is 0 Å². The van der Waals surface area contributed by atoms with E-state index in [1.807, 2.05) is 40.8 Å². The van der Waals surface area contributed by atoms with E-state index in [-0.39, 0.29) is 12.5 Å². The summed E-state index contributed by atoms with van der Waals surface area (Å²) in [5.41, 5.74) is 5.01. The molecule has 0 atom stereocenters. The second-order valence-corrected chi connectivity index (χ2v) is 6.80. The molecular weight excluding hydrogens is 328 g/mol. The molecule has 1 N–H and O–H groups in total. The van der Waals surface area contributed by atoms with E-state index in [9.17, 15) is 4.79 Å². The Morgan fingerprint density at radius 1 is 1.19 bits per heavy atom. The van der Waals surface area contributed by atoms with Crippen LogP contribution < -0.4 is 0 Å². The largest absolute Gasteiger partial charge is 0.395 e. The molecule has 0 saturated carbocycles. The lowest BCUT2D eigenvalue weighted by Crippen LogP contribution is -2.49. The number of hydrogen-bond donors (Lipinski definition) is 1. The Labute approximate surface area is 155 Å². The Bertz CT molecular complexity index is 776. The van der Waals surface area contributed by atoms with Crippen molar-refractivity contribution in [3.63, 3.8) is 0 Å². The summed E-state index contributed by atoms with van der Waals surface area (Å²) in [6.45, 7) is 10.9. The second kappa shape index (κ2) is 8.01. The maximum Gasteiger partial charge on any atom is 0.253 e. The molecule has 0 spiro atoms. The van der Waals surface area contributed by atoms with Gasteiger partial charge in [0.15, 0.2) is 0 Å². The Morgan fingerprint density at radius 2 is 1.92 bits per heavy atom. The van der Waals surface area contributed by atoms with Gasteiger partial charge in [0.1, 0.15) is 0 Å². The summed E-state index contributed by atoms with van der Waals surface area (Å²) >= 11 is 0.